The summed E-state index contributed by atoms with van der Waals surface area (Å²) in [5.41, 5.74) is 3.24. The maximum Gasteiger partial charge on any atom is 0.291 e. The van der Waals surface area contributed by atoms with Gasteiger partial charge in [0.05, 0.1) is 30.7 Å². The molecule has 2 aromatic carbocycles. The highest BCUT2D eigenvalue weighted by Crippen LogP contribution is 2.27. The molecule has 0 aliphatic carbocycles. The van der Waals surface area contributed by atoms with Gasteiger partial charge in [0.15, 0.2) is 17.3 Å². The number of halogens is 1. The number of aryl methyl sites for hydroxylation is 1. The van der Waals surface area contributed by atoms with Crippen molar-refractivity contribution in [1.82, 2.24) is 9.78 Å². The molecule has 0 saturated heterocycles. The quantitative estimate of drug-likeness (QED) is 0.364. The predicted molar refractivity (Wildman–Crippen MR) is 126 cm³/mol. The Morgan fingerprint density at radius 1 is 1.09 bits per heavy atom. The number of hydrogen-bond acceptors (Lipinski definition) is 5. The van der Waals surface area contributed by atoms with Gasteiger partial charge in [-0.05, 0) is 55.8 Å². The van der Waals surface area contributed by atoms with E-state index in [9.17, 15) is 4.79 Å². The van der Waals surface area contributed by atoms with Crippen LogP contribution in [0.15, 0.2) is 65.1 Å². The monoisotopic (exact) mass is 465 g/mol. The fourth-order valence-corrected chi connectivity index (χ4v) is 3.69. The first-order chi connectivity index (χ1) is 15.9. The van der Waals surface area contributed by atoms with E-state index < -0.39 is 0 Å². The molecule has 2 heterocycles. The second-order valence-electron chi connectivity index (χ2n) is 7.49. The molecular weight excluding hydrogens is 442 g/mol. The summed E-state index contributed by atoms with van der Waals surface area (Å²) < 4.78 is 18.6. The maximum absolute atomic E-state index is 12.8. The summed E-state index contributed by atoms with van der Waals surface area (Å²) in [6, 6.07) is 18.3. The average Bonchev–Trinajstić information content (AvgIpc) is 3.38. The third-order valence-electron chi connectivity index (χ3n) is 5.17. The second-order valence-corrected chi connectivity index (χ2v) is 7.93. The number of carbonyl (C=O) groups is 1. The number of hydrogen-bond donors (Lipinski definition) is 1. The zero-order valence-corrected chi connectivity index (χ0v) is 19.3. The molecule has 1 N–H and O–H groups in total. The molecule has 170 valence electrons. The molecule has 0 atom stereocenters. The van der Waals surface area contributed by atoms with Crippen molar-refractivity contribution >= 4 is 23.2 Å². The van der Waals surface area contributed by atoms with E-state index in [4.69, 9.17) is 25.5 Å². The van der Waals surface area contributed by atoms with Crippen molar-refractivity contribution in [2.75, 3.05) is 12.4 Å². The Labute approximate surface area is 196 Å². The van der Waals surface area contributed by atoms with E-state index >= 15 is 0 Å². The number of furan rings is 1. The van der Waals surface area contributed by atoms with Gasteiger partial charge in [-0.3, -0.25) is 9.48 Å². The van der Waals surface area contributed by atoms with Gasteiger partial charge in [-0.15, -0.1) is 0 Å². The van der Waals surface area contributed by atoms with Crippen LogP contribution in [0, 0.1) is 13.8 Å². The van der Waals surface area contributed by atoms with Crippen molar-refractivity contribution < 1.29 is 18.7 Å². The minimum absolute atomic E-state index is 0.170. The summed E-state index contributed by atoms with van der Waals surface area (Å²) in [6.07, 6.45) is 0. The van der Waals surface area contributed by atoms with Crippen LogP contribution in [0.1, 0.15) is 33.3 Å². The Kier molecular flexibility index (Phi) is 6.70. The number of methoxy groups -OCH3 is 1. The van der Waals surface area contributed by atoms with Crippen molar-refractivity contribution in [3.63, 3.8) is 0 Å². The van der Waals surface area contributed by atoms with E-state index in [1.807, 2.05) is 67.1 Å². The first-order valence-corrected chi connectivity index (χ1v) is 10.8. The van der Waals surface area contributed by atoms with Crippen LogP contribution in [0.4, 0.5) is 5.69 Å². The zero-order valence-electron chi connectivity index (χ0n) is 18.6. The van der Waals surface area contributed by atoms with Gasteiger partial charge in [0.1, 0.15) is 12.4 Å². The first-order valence-electron chi connectivity index (χ1n) is 10.4. The molecule has 0 spiro atoms. The van der Waals surface area contributed by atoms with E-state index in [1.54, 1.807) is 19.2 Å². The van der Waals surface area contributed by atoms with Crippen LogP contribution < -0.4 is 14.8 Å². The number of amides is 1. The SMILES string of the molecule is COc1ccccc1OCc1ccc(C(=O)Nc2c(C)nn(Cc3cccc(Cl)c3)c2C)o1. The molecule has 0 fully saturated rings. The molecule has 8 heteroatoms. The molecule has 0 unspecified atom stereocenters. The third kappa shape index (κ3) is 5.21. The fourth-order valence-electron chi connectivity index (χ4n) is 3.48. The summed E-state index contributed by atoms with van der Waals surface area (Å²) in [5.74, 6) is 1.58. The maximum atomic E-state index is 12.8. The van der Waals surface area contributed by atoms with E-state index in [-0.39, 0.29) is 18.3 Å². The molecule has 4 aromatic rings. The largest absolute Gasteiger partial charge is 0.493 e. The summed E-state index contributed by atoms with van der Waals surface area (Å²) >= 11 is 6.09. The highest BCUT2D eigenvalue weighted by molar-refractivity contribution is 6.30. The van der Waals surface area contributed by atoms with Crippen LogP contribution in [0.25, 0.3) is 0 Å². The standard InChI is InChI=1S/C25H24ClN3O4/c1-16-24(17(2)29(28-16)14-18-7-6-8-19(26)13-18)27-25(30)23-12-11-20(33-23)15-32-22-10-5-4-9-21(22)31-3/h4-13H,14-15H2,1-3H3,(H,27,30). The van der Waals surface area contributed by atoms with Crippen LogP contribution in [0.3, 0.4) is 0 Å². The zero-order chi connectivity index (χ0) is 23.4. The highest BCUT2D eigenvalue weighted by Gasteiger charge is 2.18. The molecule has 2 aromatic heterocycles. The third-order valence-corrected chi connectivity index (χ3v) is 5.40. The first kappa shape index (κ1) is 22.5. The van der Waals surface area contributed by atoms with Gasteiger partial charge in [0.2, 0.25) is 0 Å². The average molecular weight is 466 g/mol. The molecule has 7 nitrogen and oxygen atoms in total. The predicted octanol–water partition coefficient (Wildman–Crippen LogP) is 5.63. The van der Waals surface area contributed by atoms with Crippen LogP contribution in [-0.2, 0) is 13.2 Å². The lowest BCUT2D eigenvalue weighted by molar-refractivity contribution is 0.0992. The number of carbonyl (C=O) groups excluding carboxylic acids is 1. The van der Waals surface area contributed by atoms with Crippen molar-refractivity contribution in [1.29, 1.82) is 0 Å². The Hall–Kier alpha value is -3.71. The van der Waals surface area contributed by atoms with Crippen LogP contribution in [0.5, 0.6) is 11.5 Å². The van der Waals surface area contributed by atoms with Gasteiger partial charge in [-0.25, -0.2) is 0 Å². The van der Waals surface area contributed by atoms with E-state index in [0.717, 1.165) is 11.3 Å². The molecule has 1 amide bonds. The van der Waals surface area contributed by atoms with Crippen LogP contribution in [-0.4, -0.2) is 22.8 Å². The molecule has 0 saturated carbocycles. The summed E-state index contributed by atoms with van der Waals surface area (Å²) in [7, 11) is 1.58. The summed E-state index contributed by atoms with van der Waals surface area (Å²) in [5, 5.41) is 8.15. The van der Waals surface area contributed by atoms with E-state index in [0.29, 0.717) is 40.2 Å². The number of anilines is 1. The number of benzene rings is 2. The lowest BCUT2D eigenvalue weighted by Gasteiger charge is -2.09. The Morgan fingerprint density at radius 3 is 2.64 bits per heavy atom. The van der Waals surface area contributed by atoms with E-state index in [1.165, 1.54) is 0 Å². The van der Waals surface area contributed by atoms with Gasteiger partial charge in [-0.2, -0.15) is 5.10 Å². The molecule has 0 radical (unpaired) electrons. The number of aromatic nitrogens is 2. The number of para-hydroxylation sites is 2. The van der Waals surface area contributed by atoms with Crippen LogP contribution >= 0.6 is 11.6 Å². The molecule has 33 heavy (non-hydrogen) atoms. The number of rotatable bonds is 8. The van der Waals surface area contributed by atoms with Crippen molar-refractivity contribution in [2.45, 2.75) is 27.0 Å². The highest BCUT2D eigenvalue weighted by atomic mass is 35.5. The molecule has 4 rings (SSSR count). The normalized spacial score (nSPS) is 10.8. The minimum atomic E-state index is -0.355. The van der Waals surface area contributed by atoms with E-state index in [2.05, 4.69) is 10.4 Å². The number of ether oxygens (including phenoxy) is 2. The fraction of sp³-hybridized carbons (Fsp3) is 0.200. The molecule has 0 aliphatic rings. The van der Waals surface area contributed by atoms with Crippen LogP contribution in [0.2, 0.25) is 5.02 Å². The van der Waals surface area contributed by atoms with Crippen molar-refractivity contribution in [3.8, 4) is 11.5 Å². The smallest absolute Gasteiger partial charge is 0.291 e. The second kappa shape index (κ2) is 9.83. The molecular formula is C25H24ClN3O4. The topological polar surface area (TPSA) is 78.5 Å². The summed E-state index contributed by atoms with van der Waals surface area (Å²) in [6.45, 7) is 4.48. The van der Waals surface area contributed by atoms with Gasteiger partial charge >= 0.3 is 0 Å². The number of nitrogens with one attached hydrogen (secondary N) is 1. The van der Waals surface area contributed by atoms with Gasteiger partial charge in [0, 0.05) is 5.02 Å². The Balaban J connectivity index is 1.42. The summed E-state index contributed by atoms with van der Waals surface area (Å²) in [4.78, 5) is 12.8. The van der Waals surface area contributed by atoms with Gasteiger partial charge in [0.25, 0.3) is 5.91 Å². The number of nitrogens with zero attached hydrogens (tertiary/aromatic N) is 2. The van der Waals surface area contributed by atoms with Crippen molar-refractivity contribution in [2.24, 2.45) is 0 Å². The lowest BCUT2D eigenvalue weighted by atomic mass is 10.2. The Bertz CT molecular complexity index is 1280. The lowest BCUT2D eigenvalue weighted by Crippen LogP contribution is -2.12. The molecule has 0 aliphatic heterocycles. The van der Waals surface area contributed by atoms with Crippen molar-refractivity contribution in [3.05, 3.63) is 94.2 Å². The van der Waals surface area contributed by atoms with Gasteiger partial charge in [-0.1, -0.05) is 35.9 Å². The van der Waals surface area contributed by atoms with Gasteiger partial charge < -0.3 is 19.2 Å². The molecule has 0 bridgehead atoms. The minimum Gasteiger partial charge on any atom is -0.493 e. The Morgan fingerprint density at radius 2 is 1.88 bits per heavy atom.